The largest absolute Gasteiger partial charge is 0.481 e. The number of furan rings is 1. The molecular formula is C14H14O4. The Hall–Kier alpha value is -2.23. The average Bonchev–Trinajstić information content (AvgIpc) is 2.79. The first-order chi connectivity index (χ1) is 8.51. The second-order valence-electron chi connectivity index (χ2n) is 4.46. The summed E-state index contributed by atoms with van der Waals surface area (Å²) >= 11 is 0. The summed E-state index contributed by atoms with van der Waals surface area (Å²) in [5, 5.41) is 9.19. The molecule has 0 saturated carbocycles. The van der Waals surface area contributed by atoms with Crippen molar-refractivity contribution in [1.29, 1.82) is 0 Å². The highest BCUT2D eigenvalue weighted by Gasteiger charge is 2.36. The molecule has 1 heterocycles. The van der Waals surface area contributed by atoms with Crippen molar-refractivity contribution in [2.24, 2.45) is 0 Å². The molecule has 0 amide bonds. The summed E-state index contributed by atoms with van der Waals surface area (Å²) in [7, 11) is 0. The minimum atomic E-state index is -1.13. The van der Waals surface area contributed by atoms with Crippen LogP contribution in [0.5, 0.6) is 11.5 Å². The van der Waals surface area contributed by atoms with Crippen LogP contribution in [0.4, 0.5) is 0 Å². The number of carboxylic acids is 1. The van der Waals surface area contributed by atoms with Crippen LogP contribution in [0.25, 0.3) is 0 Å². The Labute approximate surface area is 105 Å². The number of hydrogen-bond acceptors (Lipinski definition) is 3. The third-order valence-corrected chi connectivity index (χ3v) is 2.70. The summed E-state index contributed by atoms with van der Waals surface area (Å²) in [6.45, 7) is 3.15. The van der Waals surface area contributed by atoms with E-state index in [9.17, 15) is 9.90 Å². The van der Waals surface area contributed by atoms with Gasteiger partial charge in [-0.05, 0) is 26.0 Å². The van der Waals surface area contributed by atoms with E-state index in [0.29, 0.717) is 17.3 Å². The lowest BCUT2D eigenvalue weighted by Crippen LogP contribution is -2.28. The first-order valence-corrected chi connectivity index (χ1v) is 5.56. The van der Waals surface area contributed by atoms with Gasteiger partial charge in [-0.2, -0.15) is 0 Å². The molecule has 2 rings (SSSR count). The molecule has 1 N–H and O–H groups in total. The number of carboxylic acid groups (broad SMARTS) is 1. The van der Waals surface area contributed by atoms with Crippen molar-refractivity contribution < 1.29 is 19.1 Å². The van der Waals surface area contributed by atoms with Crippen molar-refractivity contribution in [3.63, 3.8) is 0 Å². The summed E-state index contributed by atoms with van der Waals surface area (Å²) < 4.78 is 10.9. The van der Waals surface area contributed by atoms with Crippen LogP contribution in [0, 0.1) is 0 Å². The highest BCUT2D eigenvalue weighted by molar-refractivity contribution is 5.80. The standard InChI is InChI=1S/C14H14O4/c1-14(2,13(15)16)12-11(8-9-17-12)18-10-6-4-3-5-7-10/h3-9H,1-2H3,(H,15,16). The number of benzene rings is 1. The zero-order valence-electron chi connectivity index (χ0n) is 10.2. The smallest absolute Gasteiger partial charge is 0.316 e. The van der Waals surface area contributed by atoms with E-state index >= 15 is 0 Å². The lowest BCUT2D eigenvalue weighted by molar-refractivity contribution is -0.143. The van der Waals surface area contributed by atoms with Crippen LogP contribution in [-0.2, 0) is 10.2 Å². The molecule has 4 nitrogen and oxygen atoms in total. The van der Waals surface area contributed by atoms with Crippen molar-refractivity contribution in [3.05, 3.63) is 48.4 Å². The monoisotopic (exact) mass is 246 g/mol. The van der Waals surface area contributed by atoms with E-state index in [0.717, 1.165) is 0 Å². The van der Waals surface area contributed by atoms with E-state index in [1.165, 1.54) is 6.26 Å². The van der Waals surface area contributed by atoms with Gasteiger partial charge in [0.1, 0.15) is 11.2 Å². The quantitative estimate of drug-likeness (QED) is 0.897. The summed E-state index contributed by atoms with van der Waals surface area (Å²) in [5.74, 6) is 0.407. The topological polar surface area (TPSA) is 59.7 Å². The number of rotatable bonds is 4. The van der Waals surface area contributed by atoms with Crippen LogP contribution in [0.1, 0.15) is 19.6 Å². The molecule has 4 heteroatoms. The van der Waals surface area contributed by atoms with Crippen LogP contribution in [0.3, 0.4) is 0 Å². The second kappa shape index (κ2) is 4.56. The maximum atomic E-state index is 11.2. The van der Waals surface area contributed by atoms with Gasteiger partial charge in [-0.3, -0.25) is 4.79 Å². The van der Waals surface area contributed by atoms with Gasteiger partial charge in [-0.25, -0.2) is 0 Å². The van der Waals surface area contributed by atoms with Crippen molar-refractivity contribution in [3.8, 4) is 11.5 Å². The predicted octanol–water partition coefficient (Wildman–Crippen LogP) is 3.43. The van der Waals surface area contributed by atoms with E-state index < -0.39 is 11.4 Å². The van der Waals surface area contributed by atoms with Crippen molar-refractivity contribution >= 4 is 5.97 Å². The van der Waals surface area contributed by atoms with Crippen molar-refractivity contribution in [2.75, 3.05) is 0 Å². The number of carbonyl (C=O) groups is 1. The normalized spacial score (nSPS) is 11.2. The first kappa shape index (κ1) is 12.2. The van der Waals surface area contributed by atoms with Gasteiger partial charge in [0.05, 0.1) is 6.26 Å². The molecule has 0 aliphatic carbocycles. The minimum absolute atomic E-state index is 0.304. The Balaban J connectivity index is 2.32. The van der Waals surface area contributed by atoms with Crippen LogP contribution >= 0.6 is 0 Å². The molecule has 0 radical (unpaired) electrons. The van der Waals surface area contributed by atoms with E-state index in [-0.39, 0.29) is 0 Å². The van der Waals surface area contributed by atoms with E-state index in [1.807, 2.05) is 18.2 Å². The zero-order chi connectivity index (χ0) is 13.2. The van der Waals surface area contributed by atoms with E-state index in [4.69, 9.17) is 9.15 Å². The molecule has 0 aliphatic rings. The fourth-order valence-corrected chi connectivity index (χ4v) is 1.55. The molecule has 18 heavy (non-hydrogen) atoms. The minimum Gasteiger partial charge on any atom is -0.481 e. The van der Waals surface area contributed by atoms with Gasteiger partial charge in [0.15, 0.2) is 11.5 Å². The van der Waals surface area contributed by atoms with Crippen molar-refractivity contribution in [1.82, 2.24) is 0 Å². The molecule has 1 aromatic heterocycles. The number of hydrogen-bond donors (Lipinski definition) is 1. The van der Waals surface area contributed by atoms with Gasteiger partial charge < -0.3 is 14.3 Å². The maximum Gasteiger partial charge on any atom is 0.316 e. The van der Waals surface area contributed by atoms with Crippen LogP contribution < -0.4 is 4.74 Å². The third kappa shape index (κ3) is 2.22. The average molecular weight is 246 g/mol. The van der Waals surface area contributed by atoms with Crippen LogP contribution in [-0.4, -0.2) is 11.1 Å². The molecule has 0 spiro atoms. The van der Waals surface area contributed by atoms with E-state index in [1.54, 1.807) is 32.0 Å². The Morgan fingerprint density at radius 2 is 1.89 bits per heavy atom. The zero-order valence-corrected chi connectivity index (χ0v) is 10.2. The predicted molar refractivity (Wildman–Crippen MR) is 65.9 cm³/mol. The summed E-state index contributed by atoms with van der Waals surface area (Å²) in [5.41, 5.74) is -1.13. The lowest BCUT2D eigenvalue weighted by Gasteiger charge is -2.17. The Kier molecular flexibility index (Phi) is 3.10. The molecule has 0 saturated heterocycles. The Bertz CT molecular complexity index is 540. The second-order valence-corrected chi connectivity index (χ2v) is 4.46. The van der Waals surface area contributed by atoms with Gasteiger partial charge in [0.2, 0.25) is 0 Å². The Morgan fingerprint density at radius 1 is 1.22 bits per heavy atom. The summed E-state index contributed by atoms with van der Waals surface area (Å²) in [4.78, 5) is 11.2. The molecule has 0 aliphatic heterocycles. The molecule has 0 unspecified atom stereocenters. The summed E-state index contributed by atoms with van der Waals surface area (Å²) in [6, 6.07) is 10.8. The van der Waals surface area contributed by atoms with Gasteiger partial charge in [0, 0.05) is 6.07 Å². The number of aliphatic carboxylic acids is 1. The lowest BCUT2D eigenvalue weighted by atomic mass is 9.90. The van der Waals surface area contributed by atoms with Gasteiger partial charge in [-0.1, -0.05) is 18.2 Å². The van der Waals surface area contributed by atoms with Crippen LogP contribution in [0.2, 0.25) is 0 Å². The molecule has 94 valence electrons. The molecular weight excluding hydrogens is 232 g/mol. The molecule has 1 aromatic carbocycles. The van der Waals surface area contributed by atoms with Crippen molar-refractivity contribution in [2.45, 2.75) is 19.3 Å². The van der Waals surface area contributed by atoms with Gasteiger partial charge in [-0.15, -0.1) is 0 Å². The molecule has 0 bridgehead atoms. The number of para-hydroxylation sites is 1. The molecule has 0 fully saturated rings. The number of ether oxygens (including phenoxy) is 1. The summed E-state index contributed by atoms with van der Waals surface area (Å²) in [6.07, 6.45) is 1.43. The third-order valence-electron chi connectivity index (χ3n) is 2.70. The fraction of sp³-hybridized carbons (Fsp3) is 0.214. The molecule has 2 aromatic rings. The maximum absolute atomic E-state index is 11.2. The van der Waals surface area contributed by atoms with Crippen LogP contribution in [0.15, 0.2) is 47.1 Å². The SMILES string of the molecule is CC(C)(C(=O)O)c1occc1Oc1ccccc1. The van der Waals surface area contributed by atoms with Gasteiger partial charge >= 0.3 is 5.97 Å². The first-order valence-electron chi connectivity index (χ1n) is 5.56. The Morgan fingerprint density at radius 3 is 2.50 bits per heavy atom. The fourth-order valence-electron chi connectivity index (χ4n) is 1.55. The molecule has 0 atom stereocenters. The highest BCUT2D eigenvalue weighted by Crippen LogP contribution is 2.35. The van der Waals surface area contributed by atoms with Gasteiger partial charge in [0.25, 0.3) is 0 Å². The van der Waals surface area contributed by atoms with E-state index in [2.05, 4.69) is 0 Å². The highest BCUT2D eigenvalue weighted by atomic mass is 16.5.